The van der Waals surface area contributed by atoms with Crippen LogP contribution in [0.2, 0.25) is 0 Å². The Balaban J connectivity index is 1.40. The van der Waals surface area contributed by atoms with Crippen LogP contribution in [0.1, 0.15) is 47.9 Å². The highest BCUT2D eigenvalue weighted by Crippen LogP contribution is 2.32. The molecule has 0 aromatic carbocycles. The van der Waals surface area contributed by atoms with Gasteiger partial charge in [-0.2, -0.15) is 0 Å². The van der Waals surface area contributed by atoms with Gasteiger partial charge in [0.15, 0.2) is 5.13 Å². The molecule has 0 spiro atoms. The third-order valence-electron chi connectivity index (χ3n) is 5.17. The highest BCUT2D eigenvalue weighted by Gasteiger charge is 2.30. The number of fused-ring (bicyclic) bond motifs is 1. The van der Waals surface area contributed by atoms with E-state index in [4.69, 9.17) is 4.74 Å². The Morgan fingerprint density at radius 3 is 3.16 bits per heavy atom. The highest BCUT2D eigenvalue weighted by molar-refractivity contribution is 7.15. The third kappa shape index (κ3) is 3.62. The van der Waals surface area contributed by atoms with Gasteiger partial charge in [0.1, 0.15) is 0 Å². The summed E-state index contributed by atoms with van der Waals surface area (Å²) in [5.41, 5.74) is 2.12. The molecular formula is C18H24N4O2S. The fourth-order valence-electron chi connectivity index (χ4n) is 3.84. The minimum atomic E-state index is -0.163. The smallest absolute Gasteiger partial charge is 0.235 e. The molecule has 0 bridgehead atoms. The first-order valence-corrected chi connectivity index (χ1v) is 9.85. The third-order valence-corrected chi connectivity index (χ3v) is 6.11. The summed E-state index contributed by atoms with van der Waals surface area (Å²) in [5.74, 6) is 0.428. The molecule has 2 aromatic rings. The number of thiazole rings is 1. The maximum atomic E-state index is 12.7. The van der Waals surface area contributed by atoms with Gasteiger partial charge >= 0.3 is 0 Å². The van der Waals surface area contributed by atoms with Crippen molar-refractivity contribution in [2.24, 2.45) is 13.0 Å². The van der Waals surface area contributed by atoms with Crippen molar-refractivity contribution >= 4 is 22.4 Å². The quantitative estimate of drug-likeness (QED) is 0.910. The van der Waals surface area contributed by atoms with Crippen molar-refractivity contribution in [3.05, 3.63) is 28.8 Å². The van der Waals surface area contributed by atoms with E-state index in [1.165, 1.54) is 17.0 Å². The van der Waals surface area contributed by atoms with Gasteiger partial charge in [0.25, 0.3) is 0 Å². The van der Waals surface area contributed by atoms with Crippen LogP contribution in [0.3, 0.4) is 0 Å². The van der Waals surface area contributed by atoms with Crippen molar-refractivity contribution in [2.75, 3.05) is 18.5 Å². The van der Waals surface area contributed by atoms with E-state index in [0.717, 1.165) is 51.0 Å². The maximum Gasteiger partial charge on any atom is 0.235 e. The number of aryl methyl sites for hydroxylation is 1. The van der Waals surface area contributed by atoms with Crippen LogP contribution in [0.15, 0.2) is 12.5 Å². The summed E-state index contributed by atoms with van der Waals surface area (Å²) in [6, 6.07) is 0. The molecule has 2 atom stereocenters. The van der Waals surface area contributed by atoms with Crippen LogP contribution in [0.5, 0.6) is 0 Å². The minimum absolute atomic E-state index is 0.0153. The fourth-order valence-corrected chi connectivity index (χ4v) is 4.77. The highest BCUT2D eigenvalue weighted by atomic mass is 32.1. The molecule has 1 fully saturated rings. The standard InChI is InChI=1S/C18H24N4O2S/c1-22-11-20-16-14(5-2-6-15(16)22)17(23)21-18-19-9-13(25-18)8-12-4-3-7-24-10-12/h9,11-12,14H,2-8,10H2,1H3,(H,19,21,23). The molecule has 1 aliphatic carbocycles. The van der Waals surface area contributed by atoms with Crippen LogP contribution < -0.4 is 5.32 Å². The number of amides is 1. The number of hydrogen-bond acceptors (Lipinski definition) is 5. The Bertz CT molecular complexity index is 748. The van der Waals surface area contributed by atoms with Crippen LogP contribution in [-0.4, -0.2) is 33.7 Å². The topological polar surface area (TPSA) is 69.0 Å². The SMILES string of the molecule is Cn1cnc2c1CCCC2C(=O)Nc1ncc(CC2CCCOC2)s1. The van der Waals surface area contributed by atoms with E-state index in [1.807, 2.05) is 24.1 Å². The average Bonchev–Trinajstić information content (AvgIpc) is 3.22. The van der Waals surface area contributed by atoms with Gasteiger partial charge in [0.05, 0.1) is 17.9 Å². The Hall–Kier alpha value is -1.73. The first-order valence-electron chi connectivity index (χ1n) is 9.04. The van der Waals surface area contributed by atoms with Gasteiger partial charge < -0.3 is 14.6 Å². The zero-order chi connectivity index (χ0) is 17.2. The van der Waals surface area contributed by atoms with Gasteiger partial charge in [-0.15, -0.1) is 11.3 Å². The molecule has 1 saturated heterocycles. The molecule has 1 N–H and O–H groups in total. The lowest BCUT2D eigenvalue weighted by Gasteiger charge is -2.21. The lowest BCUT2D eigenvalue weighted by Crippen LogP contribution is -2.25. The van der Waals surface area contributed by atoms with E-state index in [-0.39, 0.29) is 11.8 Å². The molecule has 1 amide bonds. The van der Waals surface area contributed by atoms with E-state index < -0.39 is 0 Å². The fraction of sp³-hybridized carbons (Fsp3) is 0.611. The molecule has 3 heterocycles. The number of hydrogen-bond donors (Lipinski definition) is 1. The Morgan fingerprint density at radius 1 is 1.40 bits per heavy atom. The molecular weight excluding hydrogens is 336 g/mol. The van der Waals surface area contributed by atoms with Crippen LogP contribution >= 0.6 is 11.3 Å². The van der Waals surface area contributed by atoms with Gasteiger partial charge in [-0.25, -0.2) is 9.97 Å². The molecule has 2 aliphatic rings. The van der Waals surface area contributed by atoms with Crippen molar-refractivity contribution in [1.82, 2.24) is 14.5 Å². The van der Waals surface area contributed by atoms with Crippen molar-refractivity contribution in [3.63, 3.8) is 0 Å². The minimum Gasteiger partial charge on any atom is -0.381 e. The summed E-state index contributed by atoms with van der Waals surface area (Å²) in [6.45, 7) is 1.72. The molecule has 2 aromatic heterocycles. The van der Waals surface area contributed by atoms with Gasteiger partial charge in [-0.05, 0) is 44.4 Å². The van der Waals surface area contributed by atoms with Crippen molar-refractivity contribution in [1.29, 1.82) is 0 Å². The zero-order valence-electron chi connectivity index (χ0n) is 14.5. The Kier molecular flexibility index (Phi) is 4.85. The van der Waals surface area contributed by atoms with E-state index in [0.29, 0.717) is 11.0 Å². The number of ether oxygens (including phenoxy) is 1. The van der Waals surface area contributed by atoms with Gasteiger partial charge in [0, 0.05) is 37.0 Å². The number of nitrogens with one attached hydrogen (secondary N) is 1. The van der Waals surface area contributed by atoms with Gasteiger partial charge in [0.2, 0.25) is 5.91 Å². The summed E-state index contributed by atoms with van der Waals surface area (Å²) in [5, 5.41) is 3.70. The number of rotatable bonds is 4. The largest absolute Gasteiger partial charge is 0.381 e. The molecule has 25 heavy (non-hydrogen) atoms. The van der Waals surface area contributed by atoms with Gasteiger partial charge in [-0.3, -0.25) is 4.79 Å². The summed E-state index contributed by atoms with van der Waals surface area (Å²) in [7, 11) is 1.99. The van der Waals surface area contributed by atoms with Gasteiger partial charge in [-0.1, -0.05) is 0 Å². The first-order chi connectivity index (χ1) is 12.2. The molecule has 6 nitrogen and oxygen atoms in total. The van der Waals surface area contributed by atoms with Crippen molar-refractivity contribution in [3.8, 4) is 0 Å². The molecule has 0 radical (unpaired) electrons. The predicted octanol–water partition coefficient (Wildman–Crippen LogP) is 2.90. The lowest BCUT2D eigenvalue weighted by molar-refractivity contribution is -0.118. The number of nitrogens with zero attached hydrogens (tertiary/aromatic N) is 3. The van der Waals surface area contributed by atoms with Crippen LogP contribution in [0.4, 0.5) is 5.13 Å². The molecule has 7 heteroatoms. The molecule has 1 aliphatic heterocycles. The average molecular weight is 360 g/mol. The molecule has 0 saturated carbocycles. The first kappa shape index (κ1) is 16.7. The number of anilines is 1. The number of imidazole rings is 1. The number of carbonyl (C=O) groups excluding carboxylic acids is 1. The monoisotopic (exact) mass is 360 g/mol. The van der Waals surface area contributed by atoms with Crippen LogP contribution in [0.25, 0.3) is 0 Å². The zero-order valence-corrected chi connectivity index (χ0v) is 15.3. The van der Waals surface area contributed by atoms with E-state index >= 15 is 0 Å². The number of carbonyl (C=O) groups is 1. The maximum absolute atomic E-state index is 12.7. The Labute approximate surface area is 151 Å². The second-order valence-electron chi connectivity index (χ2n) is 7.04. The summed E-state index contributed by atoms with van der Waals surface area (Å²) in [4.78, 5) is 22.8. The van der Waals surface area contributed by atoms with Crippen molar-refractivity contribution in [2.45, 2.75) is 44.4 Å². The summed E-state index contributed by atoms with van der Waals surface area (Å²) < 4.78 is 7.58. The molecule has 2 unspecified atom stereocenters. The molecule has 134 valence electrons. The van der Waals surface area contributed by atoms with Crippen molar-refractivity contribution < 1.29 is 9.53 Å². The second kappa shape index (κ2) is 7.25. The lowest BCUT2D eigenvalue weighted by atomic mass is 9.89. The van der Waals surface area contributed by atoms with Crippen LogP contribution in [0, 0.1) is 5.92 Å². The van der Waals surface area contributed by atoms with E-state index in [1.54, 1.807) is 11.3 Å². The summed E-state index contributed by atoms with van der Waals surface area (Å²) in [6.07, 6.45) is 9.92. The molecule has 4 rings (SSSR count). The van der Waals surface area contributed by atoms with E-state index in [2.05, 4.69) is 15.3 Å². The normalized spacial score (nSPS) is 23.2. The summed E-state index contributed by atoms with van der Waals surface area (Å²) >= 11 is 1.58. The Morgan fingerprint density at radius 2 is 2.32 bits per heavy atom. The predicted molar refractivity (Wildman–Crippen MR) is 96.9 cm³/mol. The second-order valence-corrected chi connectivity index (χ2v) is 8.16. The number of aromatic nitrogens is 3. The van der Waals surface area contributed by atoms with Crippen LogP contribution in [-0.2, 0) is 29.4 Å². The van der Waals surface area contributed by atoms with E-state index in [9.17, 15) is 4.79 Å².